The highest BCUT2D eigenvalue weighted by molar-refractivity contribution is 5.39. The molecule has 5 nitrogen and oxygen atoms in total. The second-order valence-electron chi connectivity index (χ2n) is 7.22. The quantitative estimate of drug-likeness (QED) is 0.920. The van der Waals surface area contributed by atoms with Gasteiger partial charge in [-0.1, -0.05) is 12.8 Å². The minimum Gasteiger partial charge on any atom is -0.396 e. The van der Waals surface area contributed by atoms with E-state index in [1.165, 1.54) is 38.8 Å². The van der Waals surface area contributed by atoms with Crippen LogP contribution in [0.15, 0.2) is 6.20 Å². The van der Waals surface area contributed by atoms with Gasteiger partial charge in [-0.05, 0) is 45.7 Å². The summed E-state index contributed by atoms with van der Waals surface area (Å²) < 4.78 is 0. The van der Waals surface area contributed by atoms with Crippen molar-refractivity contribution >= 4 is 5.82 Å². The van der Waals surface area contributed by atoms with Crippen molar-refractivity contribution in [1.29, 1.82) is 0 Å². The molecule has 1 aromatic heterocycles. The lowest BCUT2D eigenvalue weighted by atomic mass is 9.96. The molecule has 5 heteroatoms. The number of aliphatic hydroxyl groups is 1. The molecule has 0 amide bonds. The first-order valence-electron chi connectivity index (χ1n) is 9.05. The summed E-state index contributed by atoms with van der Waals surface area (Å²) in [5, 5.41) is 9.80. The van der Waals surface area contributed by atoms with E-state index in [0.717, 1.165) is 36.8 Å². The van der Waals surface area contributed by atoms with Gasteiger partial charge < -0.3 is 14.9 Å². The lowest BCUT2D eigenvalue weighted by Crippen LogP contribution is -2.34. The molecule has 2 saturated heterocycles. The average Bonchev–Trinajstić information content (AvgIpc) is 2.77. The fraction of sp³-hybridized carbons (Fsp3) is 0.778. The Balaban J connectivity index is 1.65. The molecule has 0 saturated carbocycles. The summed E-state index contributed by atoms with van der Waals surface area (Å²) in [5.74, 6) is 1.84. The van der Waals surface area contributed by atoms with E-state index >= 15 is 0 Å². The van der Waals surface area contributed by atoms with E-state index in [9.17, 15) is 5.11 Å². The van der Waals surface area contributed by atoms with Crippen LogP contribution in [0, 0.1) is 25.7 Å². The highest BCUT2D eigenvalue weighted by atomic mass is 16.3. The highest BCUT2D eigenvalue weighted by Gasteiger charge is 2.34. The van der Waals surface area contributed by atoms with Gasteiger partial charge in [-0.2, -0.15) is 0 Å². The fourth-order valence-corrected chi connectivity index (χ4v) is 3.87. The predicted octanol–water partition coefficient (Wildman–Crippen LogP) is 2.01. The van der Waals surface area contributed by atoms with Crippen LogP contribution in [0.25, 0.3) is 0 Å². The summed E-state index contributed by atoms with van der Waals surface area (Å²) in [7, 11) is 0. The number of nitrogens with zero attached hydrogens (tertiary/aromatic N) is 4. The third-order valence-corrected chi connectivity index (χ3v) is 5.51. The van der Waals surface area contributed by atoms with Crippen molar-refractivity contribution in [2.75, 3.05) is 44.2 Å². The molecule has 3 heterocycles. The van der Waals surface area contributed by atoms with Crippen LogP contribution < -0.4 is 4.90 Å². The maximum absolute atomic E-state index is 9.80. The third kappa shape index (κ3) is 4.01. The molecule has 3 rings (SSSR count). The zero-order chi connectivity index (χ0) is 16.2. The van der Waals surface area contributed by atoms with E-state index in [1.807, 2.05) is 20.0 Å². The van der Waals surface area contributed by atoms with Gasteiger partial charge in [0.25, 0.3) is 0 Å². The van der Waals surface area contributed by atoms with Crippen molar-refractivity contribution in [2.45, 2.75) is 39.5 Å². The summed E-state index contributed by atoms with van der Waals surface area (Å²) in [6, 6.07) is 0. The lowest BCUT2D eigenvalue weighted by molar-refractivity contribution is 0.165. The number of likely N-dealkylation sites (tertiary alicyclic amines) is 1. The number of hydrogen-bond acceptors (Lipinski definition) is 5. The lowest BCUT2D eigenvalue weighted by Gasteiger charge is -2.26. The van der Waals surface area contributed by atoms with Gasteiger partial charge in [-0.15, -0.1) is 0 Å². The van der Waals surface area contributed by atoms with Gasteiger partial charge in [0.15, 0.2) is 0 Å². The number of rotatable bonds is 4. The van der Waals surface area contributed by atoms with Crippen LogP contribution in [0.5, 0.6) is 0 Å². The molecule has 0 spiro atoms. The van der Waals surface area contributed by atoms with Gasteiger partial charge in [0.1, 0.15) is 5.82 Å². The maximum Gasteiger partial charge on any atom is 0.147 e. The largest absolute Gasteiger partial charge is 0.396 e. The van der Waals surface area contributed by atoms with Gasteiger partial charge >= 0.3 is 0 Å². The minimum absolute atomic E-state index is 0.271. The maximum atomic E-state index is 9.80. The van der Waals surface area contributed by atoms with Gasteiger partial charge in [0.2, 0.25) is 0 Å². The second kappa shape index (κ2) is 7.58. The minimum atomic E-state index is 0.271. The first kappa shape index (κ1) is 16.7. The van der Waals surface area contributed by atoms with Crippen molar-refractivity contribution in [3.63, 3.8) is 0 Å². The number of anilines is 1. The molecule has 2 aliphatic heterocycles. The van der Waals surface area contributed by atoms with Crippen molar-refractivity contribution in [3.8, 4) is 0 Å². The topological polar surface area (TPSA) is 52.5 Å². The van der Waals surface area contributed by atoms with Crippen molar-refractivity contribution in [1.82, 2.24) is 14.9 Å². The van der Waals surface area contributed by atoms with Gasteiger partial charge in [0.05, 0.1) is 17.6 Å². The summed E-state index contributed by atoms with van der Waals surface area (Å²) in [6.07, 6.45) is 7.26. The van der Waals surface area contributed by atoms with Gasteiger partial charge in [-0.25, -0.2) is 4.98 Å². The van der Waals surface area contributed by atoms with Crippen LogP contribution in [0.2, 0.25) is 0 Å². The second-order valence-corrected chi connectivity index (χ2v) is 7.22. The Morgan fingerprint density at radius 1 is 1.04 bits per heavy atom. The van der Waals surface area contributed by atoms with Crippen LogP contribution in [0.3, 0.4) is 0 Å². The van der Waals surface area contributed by atoms with E-state index in [0.29, 0.717) is 11.8 Å². The van der Waals surface area contributed by atoms with Gasteiger partial charge in [0, 0.05) is 32.2 Å². The Kier molecular flexibility index (Phi) is 5.49. The number of aryl methyl sites for hydroxylation is 2. The van der Waals surface area contributed by atoms with E-state index in [-0.39, 0.29) is 6.61 Å². The van der Waals surface area contributed by atoms with Crippen molar-refractivity contribution in [3.05, 3.63) is 17.6 Å². The van der Waals surface area contributed by atoms with E-state index in [2.05, 4.69) is 19.8 Å². The summed E-state index contributed by atoms with van der Waals surface area (Å²) in [4.78, 5) is 14.1. The van der Waals surface area contributed by atoms with E-state index < -0.39 is 0 Å². The Hall–Kier alpha value is -1.20. The standard InChI is InChI=1S/C18H30N4O/c1-14-15(2)20-18(9-19-14)22-11-16(17(12-22)13-23)10-21-7-5-3-4-6-8-21/h9,16-17,23H,3-8,10-13H2,1-2H3/t16-,17-/m1/s1. The molecule has 0 radical (unpaired) electrons. The zero-order valence-corrected chi connectivity index (χ0v) is 14.5. The summed E-state index contributed by atoms with van der Waals surface area (Å²) in [6.45, 7) is 9.71. The Morgan fingerprint density at radius 3 is 2.39 bits per heavy atom. The molecule has 0 aliphatic carbocycles. The van der Waals surface area contributed by atoms with Crippen molar-refractivity contribution in [2.24, 2.45) is 11.8 Å². The Bertz CT molecular complexity index is 514. The molecule has 2 aliphatic rings. The normalized spacial score (nSPS) is 26.5. The molecule has 0 bridgehead atoms. The number of hydrogen-bond donors (Lipinski definition) is 1. The van der Waals surface area contributed by atoms with E-state index in [1.54, 1.807) is 0 Å². The zero-order valence-electron chi connectivity index (χ0n) is 14.5. The SMILES string of the molecule is Cc1ncc(N2C[C@@H](CN3CCCCCC3)[C@@H](CO)C2)nc1C. The van der Waals surface area contributed by atoms with Crippen LogP contribution in [0.1, 0.15) is 37.1 Å². The third-order valence-electron chi connectivity index (χ3n) is 5.51. The van der Waals surface area contributed by atoms with Crippen LogP contribution in [0.4, 0.5) is 5.82 Å². The molecular weight excluding hydrogens is 288 g/mol. The molecule has 0 unspecified atom stereocenters. The highest BCUT2D eigenvalue weighted by Crippen LogP contribution is 2.28. The molecular formula is C18H30N4O. The Morgan fingerprint density at radius 2 is 1.74 bits per heavy atom. The van der Waals surface area contributed by atoms with Crippen LogP contribution in [-0.4, -0.2) is 59.3 Å². The van der Waals surface area contributed by atoms with Gasteiger partial charge in [-0.3, -0.25) is 4.98 Å². The molecule has 2 fully saturated rings. The molecule has 23 heavy (non-hydrogen) atoms. The molecule has 1 N–H and O–H groups in total. The smallest absolute Gasteiger partial charge is 0.147 e. The van der Waals surface area contributed by atoms with Crippen LogP contribution in [-0.2, 0) is 0 Å². The molecule has 128 valence electrons. The predicted molar refractivity (Wildman–Crippen MR) is 92.7 cm³/mol. The molecule has 1 aromatic rings. The number of aliphatic hydroxyl groups excluding tert-OH is 1. The first-order chi connectivity index (χ1) is 11.2. The van der Waals surface area contributed by atoms with Crippen LogP contribution >= 0.6 is 0 Å². The fourth-order valence-electron chi connectivity index (χ4n) is 3.87. The summed E-state index contributed by atoms with van der Waals surface area (Å²) in [5.41, 5.74) is 1.99. The summed E-state index contributed by atoms with van der Waals surface area (Å²) >= 11 is 0. The van der Waals surface area contributed by atoms with E-state index in [4.69, 9.17) is 0 Å². The Labute approximate surface area is 139 Å². The number of aromatic nitrogens is 2. The molecule has 0 aromatic carbocycles. The molecule has 2 atom stereocenters. The average molecular weight is 318 g/mol. The monoisotopic (exact) mass is 318 g/mol. The first-order valence-corrected chi connectivity index (χ1v) is 9.05. The van der Waals surface area contributed by atoms with Crippen molar-refractivity contribution < 1.29 is 5.11 Å².